The van der Waals surface area contributed by atoms with Gasteiger partial charge >= 0.3 is 0 Å². The fraction of sp³-hybridized carbons (Fsp3) is 0.333. The van der Waals surface area contributed by atoms with Crippen molar-refractivity contribution in [1.82, 2.24) is 9.47 Å². The molecule has 5 heteroatoms. The molecule has 0 atom stereocenters. The maximum Gasteiger partial charge on any atom is 0.120 e. The summed E-state index contributed by atoms with van der Waals surface area (Å²) in [5.74, 6) is 2.70. The molecule has 0 aliphatic carbocycles. The maximum atomic E-state index is 6.22. The molecule has 0 unspecified atom stereocenters. The number of likely N-dealkylation sites (tertiary alicyclic amines) is 1. The summed E-state index contributed by atoms with van der Waals surface area (Å²) in [6.45, 7) is 10.3. The summed E-state index contributed by atoms with van der Waals surface area (Å²) in [6, 6.07) is 33.8. The van der Waals surface area contributed by atoms with E-state index in [-0.39, 0.29) is 0 Å². The van der Waals surface area contributed by atoms with E-state index < -0.39 is 0 Å². The van der Waals surface area contributed by atoms with Crippen LogP contribution in [-0.4, -0.2) is 42.3 Å². The lowest BCUT2D eigenvalue weighted by molar-refractivity contribution is 0.214. The van der Waals surface area contributed by atoms with Crippen molar-refractivity contribution in [3.05, 3.63) is 114 Å². The molecule has 4 aromatic carbocycles. The van der Waals surface area contributed by atoms with Gasteiger partial charge in [-0.25, -0.2) is 0 Å². The molecule has 2 heterocycles. The predicted octanol–water partition coefficient (Wildman–Crippen LogP) is 8.90. The van der Waals surface area contributed by atoms with Gasteiger partial charge in [-0.1, -0.05) is 55.3 Å². The zero-order chi connectivity index (χ0) is 30.1. The van der Waals surface area contributed by atoms with Crippen LogP contribution in [-0.2, 0) is 13.2 Å². The average Bonchev–Trinajstić information content (AvgIpc) is 3.19. The molecule has 6 rings (SSSR count). The molecule has 0 bridgehead atoms. The first-order chi connectivity index (χ1) is 21.7. The third-order valence-corrected chi connectivity index (χ3v) is 8.61. The van der Waals surface area contributed by atoms with Gasteiger partial charge in [0.2, 0.25) is 0 Å². The topological polar surface area (TPSA) is 35.9 Å². The number of aromatic nitrogens is 1. The highest BCUT2D eigenvalue weighted by atomic mass is 16.5. The van der Waals surface area contributed by atoms with Crippen molar-refractivity contribution in [3.63, 3.8) is 0 Å². The Morgan fingerprint density at radius 3 is 2.07 bits per heavy atom. The Kier molecular flexibility index (Phi) is 9.83. The molecule has 0 spiro atoms. The summed E-state index contributed by atoms with van der Waals surface area (Å²) in [6.07, 6.45) is 5.34. The molecular weight excluding hydrogens is 544 g/mol. The lowest BCUT2D eigenvalue weighted by atomic mass is 10.1. The van der Waals surface area contributed by atoms with Crippen LogP contribution in [0, 0.1) is 6.92 Å². The number of benzene rings is 4. The van der Waals surface area contributed by atoms with E-state index in [2.05, 4.69) is 95.3 Å². The fourth-order valence-corrected chi connectivity index (χ4v) is 6.27. The molecule has 1 fully saturated rings. The van der Waals surface area contributed by atoms with Gasteiger partial charge in [-0.05, 0) is 117 Å². The first-order valence-electron chi connectivity index (χ1n) is 16.1. The van der Waals surface area contributed by atoms with E-state index in [1.807, 2.05) is 25.1 Å². The number of fused-ring (bicyclic) bond motifs is 1. The van der Waals surface area contributed by atoms with Crippen molar-refractivity contribution in [1.29, 1.82) is 0 Å². The Balaban J connectivity index is 1.23. The average molecular weight is 589 g/mol. The van der Waals surface area contributed by atoms with Gasteiger partial charge in [0.15, 0.2) is 0 Å². The molecule has 228 valence electrons. The molecule has 0 amide bonds. The Bertz CT molecular complexity index is 1620. The third-order valence-electron chi connectivity index (χ3n) is 8.61. The lowest BCUT2D eigenvalue weighted by Crippen LogP contribution is -2.29. The minimum Gasteiger partial charge on any atom is -0.494 e. The van der Waals surface area contributed by atoms with Crippen LogP contribution in [0.4, 0.5) is 0 Å². The summed E-state index contributed by atoms with van der Waals surface area (Å²) in [5.41, 5.74) is 7.20. The Labute approximate surface area is 262 Å². The minimum atomic E-state index is 0.546. The molecule has 1 aromatic heterocycles. The van der Waals surface area contributed by atoms with Gasteiger partial charge in [0, 0.05) is 24.0 Å². The lowest BCUT2D eigenvalue weighted by Gasteiger charge is -2.19. The van der Waals surface area contributed by atoms with E-state index in [4.69, 9.17) is 14.2 Å². The third kappa shape index (κ3) is 7.28. The van der Waals surface area contributed by atoms with Crippen molar-refractivity contribution in [2.75, 3.05) is 32.8 Å². The normalized spacial score (nSPS) is 14.0. The van der Waals surface area contributed by atoms with Gasteiger partial charge in [0.25, 0.3) is 0 Å². The number of hydrogen-bond acceptors (Lipinski definition) is 4. The Morgan fingerprint density at radius 2 is 1.34 bits per heavy atom. The van der Waals surface area contributed by atoms with Crippen LogP contribution in [0.25, 0.3) is 22.2 Å². The quantitative estimate of drug-likeness (QED) is 0.146. The van der Waals surface area contributed by atoms with Crippen LogP contribution in [0.5, 0.6) is 17.2 Å². The summed E-state index contributed by atoms with van der Waals surface area (Å²) in [4.78, 5) is 2.54. The van der Waals surface area contributed by atoms with Gasteiger partial charge in [-0.3, -0.25) is 4.90 Å². The van der Waals surface area contributed by atoms with E-state index in [1.165, 1.54) is 72.1 Å². The molecule has 5 nitrogen and oxygen atoms in total. The fourth-order valence-electron chi connectivity index (χ4n) is 6.27. The Morgan fingerprint density at radius 1 is 0.659 bits per heavy atom. The molecule has 0 radical (unpaired) electrons. The van der Waals surface area contributed by atoms with E-state index >= 15 is 0 Å². The van der Waals surface area contributed by atoms with Crippen LogP contribution in [0.15, 0.2) is 97.1 Å². The summed E-state index contributed by atoms with van der Waals surface area (Å²) in [5, 5.41) is 1.20. The van der Waals surface area contributed by atoms with Crippen molar-refractivity contribution in [2.45, 2.75) is 52.7 Å². The SMILES string of the molecule is CCOc1ccc(-c2c(C)c3cc(OCc4ccccc4)ccc3n2Cc2ccc(OCCN3CCCCCC3)cc2)cc1. The predicted molar refractivity (Wildman–Crippen MR) is 180 cm³/mol. The van der Waals surface area contributed by atoms with Crippen molar-refractivity contribution in [2.24, 2.45) is 0 Å². The molecule has 1 aliphatic heterocycles. The zero-order valence-electron chi connectivity index (χ0n) is 26.1. The standard InChI is InChI=1S/C39H44N2O3/c1-3-42-34-19-15-33(16-20-34)39-30(2)37-27-36(44-29-32-11-7-6-8-12-32)21-22-38(37)41(39)28-31-13-17-35(18-14-31)43-26-25-40-23-9-4-5-10-24-40/h6-8,11-22,27H,3-5,9-10,23-26,28-29H2,1-2H3. The highest BCUT2D eigenvalue weighted by Gasteiger charge is 2.18. The van der Waals surface area contributed by atoms with E-state index in [0.29, 0.717) is 13.2 Å². The smallest absolute Gasteiger partial charge is 0.120 e. The number of ether oxygens (including phenoxy) is 3. The molecule has 1 saturated heterocycles. The highest BCUT2D eigenvalue weighted by Crippen LogP contribution is 2.37. The van der Waals surface area contributed by atoms with Crippen LogP contribution in [0.1, 0.15) is 49.3 Å². The largest absolute Gasteiger partial charge is 0.494 e. The maximum absolute atomic E-state index is 6.22. The number of nitrogens with zero attached hydrogens (tertiary/aromatic N) is 2. The first kappa shape index (κ1) is 29.8. The summed E-state index contributed by atoms with van der Waals surface area (Å²) < 4.78 is 20.5. The highest BCUT2D eigenvalue weighted by molar-refractivity contribution is 5.92. The van der Waals surface area contributed by atoms with Gasteiger partial charge < -0.3 is 18.8 Å². The molecule has 44 heavy (non-hydrogen) atoms. The second-order valence-electron chi connectivity index (χ2n) is 11.7. The van der Waals surface area contributed by atoms with Crippen molar-refractivity contribution >= 4 is 10.9 Å². The molecule has 0 N–H and O–H groups in total. The Hall–Kier alpha value is -4.22. The molecule has 0 saturated carbocycles. The van der Waals surface area contributed by atoms with Crippen LogP contribution in [0.2, 0.25) is 0 Å². The van der Waals surface area contributed by atoms with Gasteiger partial charge in [0.1, 0.15) is 30.5 Å². The molecule has 1 aliphatic rings. The van der Waals surface area contributed by atoms with E-state index in [9.17, 15) is 0 Å². The zero-order valence-corrected chi connectivity index (χ0v) is 26.1. The summed E-state index contributed by atoms with van der Waals surface area (Å²) >= 11 is 0. The van der Waals surface area contributed by atoms with E-state index in [0.717, 1.165) is 42.5 Å². The molecule has 5 aromatic rings. The number of aryl methyl sites for hydroxylation is 1. The van der Waals surface area contributed by atoms with Crippen molar-refractivity contribution in [3.8, 4) is 28.5 Å². The summed E-state index contributed by atoms with van der Waals surface area (Å²) in [7, 11) is 0. The van der Waals surface area contributed by atoms with Crippen LogP contribution in [0.3, 0.4) is 0 Å². The monoisotopic (exact) mass is 588 g/mol. The second-order valence-corrected chi connectivity index (χ2v) is 11.7. The number of hydrogen-bond donors (Lipinski definition) is 0. The minimum absolute atomic E-state index is 0.546. The number of rotatable bonds is 12. The van der Waals surface area contributed by atoms with Crippen LogP contribution < -0.4 is 14.2 Å². The first-order valence-corrected chi connectivity index (χ1v) is 16.1. The van der Waals surface area contributed by atoms with Crippen LogP contribution >= 0.6 is 0 Å². The van der Waals surface area contributed by atoms with E-state index in [1.54, 1.807) is 0 Å². The van der Waals surface area contributed by atoms with Gasteiger partial charge in [-0.15, -0.1) is 0 Å². The molecular formula is C39H44N2O3. The van der Waals surface area contributed by atoms with Gasteiger partial charge in [-0.2, -0.15) is 0 Å². The van der Waals surface area contributed by atoms with Crippen molar-refractivity contribution < 1.29 is 14.2 Å². The second kappa shape index (κ2) is 14.5. The van der Waals surface area contributed by atoms with Gasteiger partial charge in [0.05, 0.1) is 12.3 Å².